The maximum atomic E-state index is 12.7. The van der Waals surface area contributed by atoms with Gasteiger partial charge in [-0.3, -0.25) is 0 Å². The van der Waals surface area contributed by atoms with E-state index in [2.05, 4.69) is 10.0 Å². The van der Waals surface area contributed by atoms with Crippen molar-refractivity contribution < 1.29 is 22.6 Å². The highest BCUT2D eigenvalue weighted by atomic mass is 35.5. The topological polar surface area (TPSA) is 85.9 Å². The number of methoxy groups -OCH3 is 1. The van der Waals surface area contributed by atoms with Crippen molar-refractivity contribution in [1.29, 1.82) is 0 Å². The Morgan fingerprint density at radius 1 is 1.19 bits per heavy atom. The molecule has 26 heavy (non-hydrogen) atoms. The first kappa shape index (κ1) is 23.0. The summed E-state index contributed by atoms with van der Waals surface area (Å²) in [5.74, 6) is 0.967. The van der Waals surface area contributed by atoms with E-state index < -0.39 is 10.0 Å². The molecule has 0 spiro atoms. The van der Waals surface area contributed by atoms with Crippen molar-refractivity contribution in [3.05, 3.63) is 18.2 Å². The molecule has 1 saturated heterocycles. The fourth-order valence-corrected chi connectivity index (χ4v) is 4.13. The number of sulfonamides is 1. The van der Waals surface area contributed by atoms with Gasteiger partial charge in [0.2, 0.25) is 10.0 Å². The van der Waals surface area contributed by atoms with E-state index in [1.54, 1.807) is 13.2 Å². The van der Waals surface area contributed by atoms with Gasteiger partial charge in [-0.1, -0.05) is 0 Å². The molecule has 1 aromatic rings. The highest BCUT2D eigenvalue weighted by Gasteiger charge is 2.35. The normalized spacial score (nSPS) is 19.8. The largest absolute Gasteiger partial charge is 0.490 e. The summed E-state index contributed by atoms with van der Waals surface area (Å²) in [4.78, 5) is 0.157. The number of nitrogens with one attached hydrogen (secondary N) is 2. The van der Waals surface area contributed by atoms with E-state index in [9.17, 15) is 8.42 Å². The molecule has 0 bridgehead atoms. The minimum Gasteiger partial charge on any atom is -0.490 e. The lowest BCUT2D eigenvalue weighted by atomic mass is 9.99. The summed E-state index contributed by atoms with van der Waals surface area (Å²) in [5.41, 5.74) is -0.351. The Hall–Kier alpha value is -1.06. The molecule has 9 heteroatoms. The molecule has 2 N–H and O–H groups in total. The van der Waals surface area contributed by atoms with Crippen molar-refractivity contribution in [1.82, 2.24) is 10.0 Å². The molecule has 1 fully saturated rings. The Labute approximate surface area is 162 Å². The molecule has 7 nitrogen and oxygen atoms in total. The standard InChI is InChI=1S/C17H28N2O5S.ClH/c1-4-23-15-8-7-14(11-16(15)24-5-2)25(20,21)19-12-17(13-22-3)9-6-10-18-17;/h7-8,11,18-19H,4-6,9-10,12-13H2,1-3H3;1H. The molecule has 0 aliphatic carbocycles. The third-order valence-electron chi connectivity index (χ3n) is 4.18. The zero-order valence-corrected chi connectivity index (χ0v) is 17.2. The number of halogens is 1. The van der Waals surface area contributed by atoms with E-state index >= 15 is 0 Å². The first-order valence-electron chi connectivity index (χ1n) is 8.59. The minimum absolute atomic E-state index is 0. The maximum absolute atomic E-state index is 12.7. The zero-order chi connectivity index (χ0) is 18.3. The van der Waals surface area contributed by atoms with Crippen LogP contribution < -0.4 is 19.5 Å². The number of rotatable bonds is 10. The summed E-state index contributed by atoms with van der Waals surface area (Å²) < 4.78 is 44.3. The minimum atomic E-state index is -3.66. The first-order chi connectivity index (χ1) is 12.0. The molecule has 1 aromatic carbocycles. The molecule has 1 aliphatic heterocycles. The Kier molecular flexibility index (Phi) is 9.12. The second kappa shape index (κ2) is 10.3. The van der Waals surface area contributed by atoms with E-state index in [4.69, 9.17) is 14.2 Å². The summed E-state index contributed by atoms with van der Waals surface area (Å²) in [6.07, 6.45) is 1.87. The summed E-state index contributed by atoms with van der Waals surface area (Å²) >= 11 is 0. The molecule has 0 saturated carbocycles. The van der Waals surface area contributed by atoms with Crippen LogP contribution >= 0.6 is 12.4 Å². The smallest absolute Gasteiger partial charge is 0.240 e. The lowest BCUT2D eigenvalue weighted by molar-refractivity contribution is 0.122. The first-order valence-corrected chi connectivity index (χ1v) is 10.1. The van der Waals surface area contributed by atoms with E-state index in [0.29, 0.717) is 31.3 Å². The molecule has 0 radical (unpaired) electrons. The summed E-state index contributed by atoms with van der Waals surface area (Å²) in [6, 6.07) is 4.66. The summed E-state index contributed by atoms with van der Waals surface area (Å²) in [5, 5.41) is 3.36. The van der Waals surface area contributed by atoms with Crippen LogP contribution in [-0.4, -0.2) is 54.0 Å². The van der Waals surface area contributed by atoms with Gasteiger partial charge >= 0.3 is 0 Å². The highest BCUT2D eigenvalue weighted by molar-refractivity contribution is 7.89. The van der Waals surface area contributed by atoms with Gasteiger partial charge in [0.05, 0.1) is 30.3 Å². The van der Waals surface area contributed by atoms with E-state index in [-0.39, 0.29) is 29.4 Å². The number of hydrogen-bond donors (Lipinski definition) is 2. The van der Waals surface area contributed by atoms with Gasteiger partial charge in [-0.15, -0.1) is 12.4 Å². The van der Waals surface area contributed by atoms with Crippen LogP contribution in [0.4, 0.5) is 0 Å². The van der Waals surface area contributed by atoms with E-state index in [1.807, 2.05) is 13.8 Å². The Morgan fingerprint density at radius 3 is 2.46 bits per heavy atom. The van der Waals surface area contributed by atoms with Crippen LogP contribution in [0.15, 0.2) is 23.1 Å². The number of benzene rings is 1. The Morgan fingerprint density at radius 2 is 1.88 bits per heavy atom. The third kappa shape index (κ3) is 5.72. The van der Waals surface area contributed by atoms with Crippen molar-refractivity contribution in [2.75, 3.05) is 40.0 Å². The molecular formula is C17H29ClN2O5S. The van der Waals surface area contributed by atoms with Crippen molar-refractivity contribution in [2.45, 2.75) is 37.1 Å². The van der Waals surface area contributed by atoms with Crippen LogP contribution in [0.5, 0.6) is 11.5 Å². The lowest BCUT2D eigenvalue weighted by Crippen LogP contribution is -2.52. The predicted molar refractivity (Wildman–Crippen MR) is 103 cm³/mol. The van der Waals surface area contributed by atoms with Crippen molar-refractivity contribution >= 4 is 22.4 Å². The van der Waals surface area contributed by atoms with Gasteiger partial charge in [-0.05, 0) is 45.4 Å². The van der Waals surface area contributed by atoms with Crippen LogP contribution in [0.1, 0.15) is 26.7 Å². The monoisotopic (exact) mass is 408 g/mol. The molecule has 0 aromatic heterocycles. The van der Waals surface area contributed by atoms with Crippen LogP contribution in [0.3, 0.4) is 0 Å². The second-order valence-corrected chi connectivity index (χ2v) is 7.81. The SMILES string of the molecule is CCOc1ccc(S(=O)(=O)NCC2(COC)CCCN2)cc1OCC.Cl. The van der Waals surface area contributed by atoms with Gasteiger partial charge in [0, 0.05) is 19.7 Å². The molecular weight excluding hydrogens is 380 g/mol. The van der Waals surface area contributed by atoms with Crippen molar-refractivity contribution in [2.24, 2.45) is 0 Å². The van der Waals surface area contributed by atoms with Crippen molar-refractivity contribution in [3.8, 4) is 11.5 Å². The maximum Gasteiger partial charge on any atom is 0.240 e. The van der Waals surface area contributed by atoms with Crippen LogP contribution in [-0.2, 0) is 14.8 Å². The second-order valence-electron chi connectivity index (χ2n) is 6.04. The average Bonchev–Trinajstić information content (AvgIpc) is 3.04. The van der Waals surface area contributed by atoms with E-state index in [1.165, 1.54) is 12.1 Å². The van der Waals surface area contributed by atoms with Gasteiger partial charge in [0.1, 0.15) is 0 Å². The molecule has 2 rings (SSSR count). The van der Waals surface area contributed by atoms with Gasteiger partial charge < -0.3 is 19.5 Å². The highest BCUT2D eigenvalue weighted by Crippen LogP contribution is 2.30. The Bertz CT molecular complexity index is 663. The van der Waals surface area contributed by atoms with Gasteiger partial charge in [0.15, 0.2) is 11.5 Å². The van der Waals surface area contributed by atoms with Gasteiger partial charge in [0.25, 0.3) is 0 Å². The predicted octanol–water partition coefficient (Wildman–Crippen LogP) is 1.95. The average molecular weight is 409 g/mol. The molecule has 150 valence electrons. The van der Waals surface area contributed by atoms with Crippen LogP contribution in [0.2, 0.25) is 0 Å². The Balaban J connectivity index is 0.00000338. The summed E-state index contributed by atoms with van der Waals surface area (Å²) in [7, 11) is -2.04. The summed E-state index contributed by atoms with van der Waals surface area (Å²) in [6.45, 7) is 6.22. The fourth-order valence-electron chi connectivity index (χ4n) is 2.99. The number of ether oxygens (including phenoxy) is 3. The van der Waals surface area contributed by atoms with E-state index in [0.717, 1.165) is 19.4 Å². The molecule has 1 atom stereocenters. The quantitative estimate of drug-likeness (QED) is 0.615. The van der Waals surface area contributed by atoms with Crippen LogP contribution in [0, 0.1) is 0 Å². The van der Waals surface area contributed by atoms with Gasteiger partial charge in [-0.2, -0.15) is 0 Å². The third-order valence-corrected chi connectivity index (χ3v) is 5.58. The molecule has 1 aliphatic rings. The molecule has 1 unspecified atom stereocenters. The molecule has 0 amide bonds. The van der Waals surface area contributed by atoms with Crippen molar-refractivity contribution in [3.63, 3.8) is 0 Å². The van der Waals surface area contributed by atoms with Crippen LogP contribution in [0.25, 0.3) is 0 Å². The lowest BCUT2D eigenvalue weighted by Gasteiger charge is -2.28. The number of hydrogen-bond acceptors (Lipinski definition) is 6. The zero-order valence-electron chi connectivity index (χ0n) is 15.5. The van der Waals surface area contributed by atoms with Gasteiger partial charge in [-0.25, -0.2) is 13.1 Å². The fraction of sp³-hybridized carbons (Fsp3) is 0.647. The molecule has 1 heterocycles.